The van der Waals surface area contributed by atoms with Crippen LogP contribution in [0.5, 0.6) is 11.5 Å². The van der Waals surface area contributed by atoms with Crippen LogP contribution in [-0.4, -0.2) is 67.0 Å². The van der Waals surface area contributed by atoms with Crippen LogP contribution in [0.3, 0.4) is 0 Å². The summed E-state index contributed by atoms with van der Waals surface area (Å²) in [6.45, 7) is 6.24. The summed E-state index contributed by atoms with van der Waals surface area (Å²) in [6.07, 6.45) is 0. The van der Waals surface area contributed by atoms with E-state index in [-0.39, 0.29) is 34.7 Å². The Morgan fingerprint density at radius 2 is 1.64 bits per heavy atom. The lowest BCUT2D eigenvalue weighted by molar-refractivity contribution is -0.140. The fourth-order valence-corrected chi connectivity index (χ4v) is 4.14. The highest BCUT2D eigenvalue weighted by molar-refractivity contribution is 6.46. The van der Waals surface area contributed by atoms with Gasteiger partial charge in [-0.15, -0.1) is 0 Å². The fourth-order valence-electron chi connectivity index (χ4n) is 4.14. The van der Waals surface area contributed by atoms with E-state index in [0.29, 0.717) is 6.54 Å². The van der Waals surface area contributed by atoms with Gasteiger partial charge in [-0.25, -0.2) is 4.39 Å². The number of carbonyl (C=O) groups excluding carboxylic acids is 2. The molecule has 1 aliphatic rings. The molecule has 0 radical (unpaired) electrons. The van der Waals surface area contributed by atoms with Crippen molar-refractivity contribution in [2.45, 2.75) is 19.9 Å². The SMILES string of the molecule is CCN(CC)CCN1C(=O)C(=O)/C(=C(/O)c2c(OC)cccc2OC)C1c1ccccc1F. The highest BCUT2D eigenvalue weighted by Crippen LogP contribution is 2.43. The summed E-state index contributed by atoms with van der Waals surface area (Å²) in [6, 6.07) is 9.74. The van der Waals surface area contributed by atoms with E-state index in [9.17, 15) is 19.1 Å². The van der Waals surface area contributed by atoms with Crippen LogP contribution in [0.1, 0.15) is 31.0 Å². The second kappa shape index (κ2) is 10.5. The molecule has 1 atom stereocenters. The number of amides is 1. The van der Waals surface area contributed by atoms with Gasteiger partial charge in [0.15, 0.2) is 0 Å². The summed E-state index contributed by atoms with van der Waals surface area (Å²) in [5, 5.41) is 11.3. The van der Waals surface area contributed by atoms with Gasteiger partial charge in [-0.3, -0.25) is 9.59 Å². The van der Waals surface area contributed by atoms with Crippen LogP contribution < -0.4 is 9.47 Å². The van der Waals surface area contributed by atoms with Gasteiger partial charge in [0.25, 0.3) is 11.7 Å². The van der Waals surface area contributed by atoms with E-state index < -0.39 is 29.3 Å². The molecule has 8 heteroatoms. The lowest BCUT2D eigenvalue weighted by Gasteiger charge is -2.28. The fraction of sp³-hybridized carbons (Fsp3) is 0.360. The third kappa shape index (κ3) is 4.57. The van der Waals surface area contributed by atoms with E-state index in [0.717, 1.165) is 13.1 Å². The molecule has 1 heterocycles. The molecule has 0 saturated carbocycles. The van der Waals surface area contributed by atoms with Gasteiger partial charge in [-0.1, -0.05) is 38.1 Å². The Bertz CT molecular complexity index is 1040. The summed E-state index contributed by atoms with van der Waals surface area (Å²) >= 11 is 0. The van der Waals surface area contributed by atoms with E-state index in [1.54, 1.807) is 24.3 Å². The first-order valence-corrected chi connectivity index (χ1v) is 10.9. The third-order valence-corrected chi connectivity index (χ3v) is 5.96. The zero-order chi connectivity index (χ0) is 24.1. The molecule has 1 aliphatic heterocycles. The number of likely N-dealkylation sites (tertiary alicyclic amines) is 1. The van der Waals surface area contributed by atoms with Crippen molar-refractivity contribution in [3.05, 3.63) is 65.0 Å². The number of nitrogens with zero attached hydrogens (tertiary/aromatic N) is 2. The molecule has 3 rings (SSSR count). The van der Waals surface area contributed by atoms with Crippen molar-refractivity contribution < 1.29 is 28.6 Å². The van der Waals surface area contributed by atoms with Gasteiger partial charge in [0.05, 0.1) is 25.8 Å². The number of carbonyl (C=O) groups is 2. The summed E-state index contributed by atoms with van der Waals surface area (Å²) in [7, 11) is 2.84. The molecule has 1 fully saturated rings. The number of aliphatic hydroxyl groups excluding tert-OH is 1. The topological polar surface area (TPSA) is 79.3 Å². The number of Topliss-reactive ketones (excluding diaryl/α,β-unsaturated/α-hetero) is 1. The van der Waals surface area contributed by atoms with Crippen molar-refractivity contribution in [1.82, 2.24) is 9.80 Å². The number of hydrogen-bond donors (Lipinski definition) is 1. The normalized spacial score (nSPS) is 17.6. The van der Waals surface area contributed by atoms with Crippen LogP contribution in [0.15, 0.2) is 48.0 Å². The lowest BCUT2D eigenvalue weighted by Crippen LogP contribution is -2.38. The quantitative estimate of drug-likeness (QED) is 0.353. The lowest BCUT2D eigenvalue weighted by atomic mass is 9.94. The standard InChI is InChI=1S/C25H29FN2O5/c1-5-27(6-2)14-15-28-22(16-10-7-8-11-17(16)26)21(24(30)25(28)31)23(29)20-18(32-3)12-9-13-19(20)33-4/h7-13,22,29H,5-6,14-15H2,1-4H3/b23-21+. The molecule has 1 unspecified atom stereocenters. The van der Waals surface area contributed by atoms with Gasteiger partial charge < -0.3 is 24.4 Å². The first kappa shape index (κ1) is 24.3. The number of likely N-dealkylation sites (N-methyl/N-ethyl adjacent to an activating group) is 1. The van der Waals surface area contributed by atoms with E-state index in [1.165, 1.54) is 37.3 Å². The highest BCUT2D eigenvalue weighted by Gasteiger charge is 2.47. The predicted molar refractivity (Wildman–Crippen MR) is 123 cm³/mol. The number of aliphatic hydroxyl groups is 1. The maximum atomic E-state index is 14.9. The van der Waals surface area contributed by atoms with Crippen molar-refractivity contribution in [2.75, 3.05) is 40.4 Å². The molecule has 1 amide bonds. The van der Waals surface area contributed by atoms with E-state index in [4.69, 9.17) is 9.47 Å². The van der Waals surface area contributed by atoms with Gasteiger partial charge in [-0.05, 0) is 31.3 Å². The molecule has 0 spiro atoms. The van der Waals surface area contributed by atoms with Crippen LogP contribution in [0.4, 0.5) is 4.39 Å². The molecule has 176 valence electrons. The molecular formula is C25H29FN2O5. The molecule has 0 aromatic heterocycles. The Morgan fingerprint density at radius 1 is 1.03 bits per heavy atom. The number of rotatable bonds is 9. The molecule has 7 nitrogen and oxygen atoms in total. The zero-order valence-corrected chi connectivity index (χ0v) is 19.3. The molecule has 1 N–H and O–H groups in total. The van der Waals surface area contributed by atoms with E-state index in [1.807, 2.05) is 13.8 Å². The number of ether oxygens (including phenoxy) is 2. The first-order valence-electron chi connectivity index (χ1n) is 10.9. The average molecular weight is 457 g/mol. The smallest absolute Gasteiger partial charge is 0.295 e. The summed E-state index contributed by atoms with van der Waals surface area (Å²) in [5.74, 6) is -2.20. The number of hydrogen-bond acceptors (Lipinski definition) is 6. The minimum atomic E-state index is -1.09. The Hall–Kier alpha value is -3.39. The Labute approximate surface area is 193 Å². The van der Waals surface area contributed by atoms with E-state index in [2.05, 4.69) is 4.90 Å². The van der Waals surface area contributed by atoms with Crippen LogP contribution >= 0.6 is 0 Å². The van der Waals surface area contributed by atoms with Crippen molar-refractivity contribution in [3.63, 3.8) is 0 Å². The number of ketones is 1. The Morgan fingerprint density at radius 3 is 2.18 bits per heavy atom. The van der Waals surface area contributed by atoms with Gasteiger partial charge in [0, 0.05) is 18.7 Å². The minimum absolute atomic E-state index is 0.130. The Balaban J connectivity index is 2.22. The van der Waals surface area contributed by atoms with Crippen molar-refractivity contribution in [3.8, 4) is 11.5 Å². The minimum Gasteiger partial charge on any atom is -0.506 e. The highest BCUT2D eigenvalue weighted by atomic mass is 19.1. The van der Waals surface area contributed by atoms with Crippen molar-refractivity contribution in [2.24, 2.45) is 0 Å². The molecule has 2 aromatic carbocycles. The summed E-state index contributed by atoms with van der Waals surface area (Å²) < 4.78 is 25.6. The average Bonchev–Trinajstić information content (AvgIpc) is 3.08. The molecule has 33 heavy (non-hydrogen) atoms. The third-order valence-electron chi connectivity index (χ3n) is 5.96. The molecule has 2 aromatic rings. The first-order chi connectivity index (χ1) is 15.9. The second-order valence-electron chi connectivity index (χ2n) is 7.58. The maximum absolute atomic E-state index is 14.9. The molecule has 0 bridgehead atoms. The summed E-state index contributed by atoms with van der Waals surface area (Å²) in [4.78, 5) is 29.7. The number of benzene rings is 2. The van der Waals surface area contributed by atoms with Crippen LogP contribution in [0, 0.1) is 5.82 Å². The number of halogens is 1. The summed E-state index contributed by atoms with van der Waals surface area (Å²) in [5.41, 5.74) is 0.0599. The maximum Gasteiger partial charge on any atom is 0.295 e. The van der Waals surface area contributed by atoms with Gasteiger partial charge in [0.2, 0.25) is 0 Å². The van der Waals surface area contributed by atoms with Gasteiger partial charge >= 0.3 is 0 Å². The van der Waals surface area contributed by atoms with Gasteiger partial charge in [0.1, 0.15) is 28.6 Å². The predicted octanol–water partition coefficient (Wildman–Crippen LogP) is 3.61. The zero-order valence-electron chi connectivity index (χ0n) is 19.3. The monoisotopic (exact) mass is 456 g/mol. The van der Waals surface area contributed by atoms with E-state index >= 15 is 0 Å². The van der Waals surface area contributed by atoms with Crippen LogP contribution in [0.25, 0.3) is 5.76 Å². The molecular weight excluding hydrogens is 427 g/mol. The largest absolute Gasteiger partial charge is 0.506 e. The van der Waals surface area contributed by atoms with Crippen LogP contribution in [0.2, 0.25) is 0 Å². The Kier molecular flexibility index (Phi) is 7.71. The molecule has 1 saturated heterocycles. The van der Waals surface area contributed by atoms with Crippen molar-refractivity contribution in [1.29, 1.82) is 0 Å². The second-order valence-corrected chi connectivity index (χ2v) is 7.58. The number of methoxy groups -OCH3 is 2. The van der Waals surface area contributed by atoms with Gasteiger partial charge in [-0.2, -0.15) is 0 Å². The van der Waals surface area contributed by atoms with Crippen LogP contribution in [-0.2, 0) is 9.59 Å². The molecule has 0 aliphatic carbocycles. The van der Waals surface area contributed by atoms with Crippen molar-refractivity contribution >= 4 is 17.4 Å².